The molecule has 58 valence electrons. The van der Waals surface area contributed by atoms with E-state index in [1.54, 1.807) is 0 Å². The van der Waals surface area contributed by atoms with Crippen LogP contribution in [0.3, 0.4) is 0 Å². The number of morpholine rings is 1. The minimum atomic E-state index is 0.314. The smallest absolute Gasteiger partial charge is 0.108 e. The first-order valence-corrected chi connectivity index (χ1v) is 3.83. The molecule has 0 N–H and O–H groups in total. The maximum Gasteiger partial charge on any atom is 0.108 e. The van der Waals surface area contributed by atoms with Gasteiger partial charge in [-0.15, -0.1) is 0 Å². The largest absolute Gasteiger partial charge is 0.378 e. The summed E-state index contributed by atoms with van der Waals surface area (Å²) < 4.78 is 10.8. The number of ether oxygens (including phenoxy) is 2. The molecule has 2 saturated heterocycles. The van der Waals surface area contributed by atoms with E-state index in [2.05, 4.69) is 11.8 Å². The second kappa shape index (κ2) is 2.49. The van der Waals surface area contributed by atoms with Gasteiger partial charge in [0.05, 0.1) is 25.9 Å². The van der Waals surface area contributed by atoms with Crippen molar-refractivity contribution < 1.29 is 9.47 Å². The summed E-state index contributed by atoms with van der Waals surface area (Å²) in [5, 5.41) is 0. The molecule has 0 spiro atoms. The molecule has 0 aliphatic carbocycles. The van der Waals surface area contributed by atoms with Crippen LogP contribution >= 0.6 is 0 Å². The van der Waals surface area contributed by atoms with Crippen molar-refractivity contribution in [1.82, 2.24) is 4.90 Å². The van der Waals surface area contributed by atoms with Crippen LogP contribution in [-0.4, -0.2) is 43.5 Å². The molecule has 0 saturated carbocycles. The van der Waals surface area contributed by atoms with Crippen molar-refractivity contribution in [2.75, 3.05) is 26.4 Å². The molecular formula is C7H13NO2. The standard InChI is InChI=1S/C7H13NO2/c1-6-8-2-3-9-4-7(8)5-10-6/h6-7H,2-5H2,1H3/t6?,7-/m1/s1. The highest BCUT2D eigenvalue weighted by Crippen LogP contribution is 2.18. The molecule has 2 rings (SSSR count). The minimum Gasteiger partial charge on any atom is -0.378 e. The van der Waals surface area contributed by atoms with Crippen molar-refractivity contribution in [3.63, 3.8) is 0 Å². The van der Waals surface area contributed by atoms with Gasteiger partial charge in [0, 0.05) is 6.54 Å². The predicted octanol–water partition coefficient (Wildman–Crippen LogP) is 0.0634. The lowest BCUT2D eigenvalue weighted by Crippen LogP contribution is -2.44. The maximum atomic E-state index is 5.45. The Bertz CT molecular complexity index is 127. The summed E-state index contributed by atoms with van der Waals surface area (Å²) in [5.41, 5.74) is 0. The normalized spacial score (nSPS) is 41.7. The summed E-state index contributed by atoms with van der Waals surface area (Å²) in [4.78, 5) is 2.36. The molecule has 0 aromatic carbocycles. The fourth-order valence-corrected chi connectivity index (χ4v) is 1.64. The molecule has 2 atom stereocenters. The Kier molecular flexibility index (Phi) is 1.64. The zero-order valence-corrected chi connectivity index (χ0v) is 6.25. The minimum absolute atomic E-state index is 0.314. The Labute approximate surface area is 60.9 Å². The molecular weight excluding hydrogens is 130 g/mol. The van der Waals surface area contributed by atoms with Gasteiger partial charge < -0.3 is 9.47 Å². The van der Waals surface area contributed by atoms with E-state index in [1.165, 1.54) is 0 Å². The third kappa shape index (κ3) is 0.944. The summed E-state index contributed by atoms with van der Waals surface area (Å²) in [6.07, 6.45) is 0.314. The molecule has 2 aliphatic rings. The van der Waals surface area contributed by atoms with Gasteiger partial charge in [-0.1, -0.05) is 0 Å². The molecule has 0 radical (unpaired) electrons. The Morgan fingerprint density at radius 1 is 1.40 bits per heavy atom. The molecule has 0 aromatic heterocycles. The van der Waals surface area contributed by atoms with E-state index < -0.39 is 0 Å². The van der Waals surface area contributed by atoms with E-state index in [9.17, 15) is 0 Å². The van der Waals surface area contributed by atoms with Crippen LogP contribution in [0.5, 0.6) is 0 Å². The number of hydrogen-bond donors (Lipinski definition) is 0. The fraction of sp³-hybridized carbons (Fsp3) is 1.00. The van der Waals surface area contributed by atoms with Crippen molar-refractivity contribution in [2.45, 2.75) is 19.2 Å². The van der Waals surface area contributed by atoms with Crippen LogP contribution < -0.4 is 0 Å². The highest BCUT2D eigenvalue weighted by atomic mass is 16.5. The van der Waals surface area contributed by atoms with Crippen LogP contribution in [0.1, 0.15) is 6.92 Å². The molecule has 3 heteroatoms. The molecule has 2 aliphatic heterocycles. The Hall–Kier alpha value is -0.120. The van der Waals surface area contributed by atoms with Crippen LogP contribution in [0.2, 0.25) is 0 Å². The average Bonchev–Trinajstić information content (AvgIpc) is 2.34. The molecule has 0 bridgehead atoms. The second-order valence-electron chi connectivity index (χ2n) is 2.90. The lowest BCUT2D eigenvalue weighted by atomic mass is 10.2. The zero-order chi connectivity index (χ0) is 6.97. The van der Waals surface area contributed by atoms with Crippen LogP contribution in [-0.2, 0) is 9.47 Å². The SMILES string of the molecule is CC1OC[C@H]2COCCN12. The lowest BCUT2D eigenvalue weighted by molar-refractivity contribution is -0.0176. The Balaban J connectivity index is 2.01. The van der Waals surface area contributed by atoms with Crippen LogP contribution in [0.15, 0.2) is 0 Å². The molecule has 3 nitrogen and oxygen atoms in total. The first-order chi connectivity index (χ1) is 4.88. The number of hydrogen-bond acceptors (Lipinski definition) is 3. The first kappa shape index (κ1) is 6.58. The fourth-order valence-electron chi connectivity index (χ4n) is 1.64. The summed E-state index contributed by atoms with van der Waals surface area (Å²) in [5.74, 6) is 0. The van der Waals surface area contributed by atoms with E-state index in [4.69, 9.17) is 9.47 Å². The van der Waals surface area contributed by atoms with Crippen molar-refractivity contribution in [3.05, 3.63) is 0 Å². The van der Waals surface area contributed by atoms with Crippen molar-refractivity contribution in [3.8, 4) is 0 Å². The quantitative estimate of drug-likeness (QED) is 0.478. The monoisotopic (exact) mass is 143 g/mol. The first-order valence-electron chi connectivity index (χ1n) is 3.83. The summed E-state index contributed by atoms with van der Waals surface area (Å²) in [6, 6.07) is 0.531. The lowest BCUT2D eigenvalue weighted by Gasteiger charge is -2.29. The molecule has 0 aromatic rings. The number of fused-ring (bicyclic) bond motifs is 1. The van der Waals surface area contributed by atoms with E-state index in [0.717, 1.165) is 26.4 Å². The Morgan fingerprint density at radius 3 is 3.10 bits per heavy atom. The Morgan fingerprint density at radius 2 is 2.30 bits per heavy atom. The van der Waals surface area contributed by atoms with Gasteiger partial charge in [0.15, 0.2) is 0 Å². The molecule has 0 amide bonds. The van der Waals surface area contributed by atoms with Gasteiger partial charge in [-0.25, -0.2) is 0 Å². The van der Waals surface area contributed by atoms with Crippen LogP contribution in [0.4, 0.5) is 0 Å². The highest BCUT2D eigenvalue weighted by molar-refractivity contribution is 4.80. The third-order valence-corrected chi connectivity index (χ3v) is 2.27. The topological polar surface area (TPSA) is 21.7 Å². The summed E-state index contributed by atoms with van der Waals surface area (Å²) >= 11 is 0. The van der Waals surface area contributed by atoms with Crippen LogP contribution in [0.25, 0.3) is 0 Å². The van der Waals surface area contributed by atoms with Gasteiger partial charge in [-0.3, -0.25) is 4.90 Å². The van der Waals surface area contributed by atoms with Crippen LogP contribution in [0, 0.1) is 0 Å². The van der Waals surface area contributed by atoms with Gasteiger partial charge in [-0.05, 0) is 6.92 Å². The van der Waals surface area contributed by atoms with E-state index >= 15 is 0 Å². The van der Waals surface area contributed by atoms with Crippen molar-refractivity contribution in [1.29, 1.82) is 0 Å². The van der Waals surface area contributed by atoms with Gasteiger partial charge in [0.1, 0.15) is 6.23 Å². The summed E-state index contributed by atoms with van der Waals surface area (Å²) in [6.45, 7) is 5.70. The number of rotatable bonds is 0. The van der Waals surface area contributed by atoms with E-state index in [1.807, 2.05) is 0 Å². The van der Waals surface area contributed by atoms with E-state index in [-0.39, 0.29) is 0 Å². The van der Waals surface area contributed by atoms with Crippen molar-refractivity contribution >= 4 is 0 Å². The maximum absolute atomic E-state index is 5.45. The van der Waals surface area contributed by atoms with Crippen molar-refractivity contribution in [2.24, 2.45) is 0 Å². The highest BCUT2D eigenvalue weighted by Gasteiger charge is 2.33. The molecule has 10 heavy (non-hydrogen) atoms. The zero-order valence-electron chi connectivity index (χ0n) is 6.25. The molecule has 2 fully saturated rings. The van der Waals surface area contributed by atoms with Gasteiger partial charge in [0.2, 0.25) is 0 Å². The predicted molar refractivity (Wildman–Crippen MR) is 36.7 cm³/mol. The van der Waals surface area contributed by atoms with Gasteiger partial charge >= 0.3 is 0 Å². The van der Waals surface area contributed by atoms with E-state index in [0.29, 0.717) is 12.3 Å². The summed E-state index contributed by atoms with van der Waals surface area (Å²) in [7, 11) is 0. The van der Waals surface area contributed by atoms with Gasteiger partial charge in [-0.2, -0.15) is 0 Å². The average molecular weight is 143 g/mol. The van der Waals surface area contributed by atoms with Gasteiger partial charge in [0.25, 0.3) is 0 Å². The molecule has 1 unspecified atom stereocenters. The third-order valence-electron chi connectivity index (χ3n) is 2.27. The number of nitrogens with zero attached hydrogens (tertiary/aromatic N) is 1. The second-order valence-corrected chi connectivity index (χ2v) is 2.90. The molecule has 2 heterocycles.